The van der Waals surface area contributed by atoms with Gasteiger partial charge in [-0.05, 0) is 31.5 Å². The van der Waals surface area contributed by atoms with Gasteiger partial charge in [-0.15, -0.1) is 0 Å². The van der Waals surface area contributed by atoms with Gasteiger partial charge in [-0.3, -0.25) is 4.90 Å². The zero-order chi connectivity index (χ0) is 13.7. The van der Waals surface area contributed by atoms with Crippen LogP contribution in [0.15, 0.2) is 24.3 Å². The summed E-state index contributed by atoms with van der Waals surface area (Å²) in [6, 6.07) is 6.79. The Kier molecular flexibility index (Phi) is 4.96. The number of aromatic hydroxyl groups is 1. The third-order valence-corrected chi connectivity index (χ3v) is 3.34. The summed E-state index contributed by atoms with van der Waals surface area (Å²) in [6.45, 7) is 1.67. The van der Waals surface area contributed by atoms with Crippen molar-refractivity contribution in [2.24, 2.45) is 5.92 Å². The number of phenols is 1. The lowest BCUT2D eigenvalue weighted by atomic mass is 9.99. The second kappa shape index (κ2) is 6.70. The molecule has 1 N–H and O–H groups in total. The van der Waals surface area contributed by atoms with E-state index in [4.69, 9.17) is 4.74 Å². The summed E-state index contributed by atoms with van der Waals surface area (Å²) in [5.74, 6) is 0.809. The number of rotatable bonds is 5. The predicted molar refractivity (Wildman–Crippen MR) is 68.8 cm³/mol. The topological polar surface area (TPSA) is 32.7 Å². The summed E-state index contributed by atoms with van der Waals surface area (Å²) in [6.07, 6.45) is -0.382. The van der Waals surface area contributed by atoms with Crippen LogP contribution in [-0.4, -0.2) is 42.7 Å². The molecule has 3 nitrogen and oxygen atoms in total. The van der Waals surface area contributed by atoms with Gasteiger partial charge in [-0.1, -0.05) is 12.1 Å². The second-order valence-electron chi connectivity index (χ2n) is 4.94. The maximum Gasteiger partial charge on any atom is 0.251 e. The van der Waals surface area contributed by atoms with Gasteiger partial charge >= 0.3 is 0 Å². The lowest BCUT2D eigenvalue weighted by Gasteiger charge is -2.32. The summed E-state index contributed by atoms with van der Waals surface area (Å²) < 4.78 is 30.3. The lowest BCUT2D eigenvalue weighted by Crippen LogP contribution is -2.40. The van der Waals surface area contributed by atoms with E-state index >= 15 is 0 Å². The Hall–Kier alpha value is -1.36. The first-order valence-corrected chi connectivity index (χ1v) is 6.56. The van der Waals surface area contributed by atoms with E-state index in [-0.39, 0.29) is 18.2 Å². The van der Waals surface area contributed by atoms with Crippen molar-refractivity contribution in [3.05, 3.63) is 24.3 Å². The third-order valence-electron chi connectivity index (χ3n) is 3.34. The quantitative estimate of drug-likeness (QED) is 0.893. The predicted octanol–water partition coefficient (Wildman–Crippen LogP) is 2.75. The molecule has 1 unspecified atom stereocenters. The summed E-state index contributed by atoms with van der Waals surface area (Å²) in [7, 11) is 0. The molecule has 1 aliphatic rings. The van der Waals surface area contributed by atoms with E-state index in [1.807, 2.05) is 0 Å². The monoisotopic (exact) mass is 271 g/mol. The lowest BCUT2D eigenvalue weighted by molar-refractivity contribution is 0.0549. The Balaban J connectivity index is 1.81. The standard InChI is InChI=1S/C14H19F2NO2/c15-14(16)9-17-7-3-4-11(8-17)10-19-13-6-2-1-5-12(13)18/h1-2,5-6,11,14,18H,3-4,7-10H2. The number of halogens is 2. The van der Waals surface area contributed by atoms with Crippen LogP contribution < -0.4 is 4.74 Å². The number of hydrogen-bond acceptors (Lipinski definition) is 3. The first-order chi connectivity index (χ1) is 9.15. The number of hydrogen-bond donors (Lipinski definition) is 1. The van der Waals surface area contributed by atoms with Crippen LogP contribution in [0.3, 0.4) is 0 Å². The van der Waals surface area contributed by atoms with Gasteiger partial charge in [0.05, 0.1) is 13.2 Å². The van der Waals surface area contributed by atoms with Gasteiger partial charge < -0.3 is 9.84 Å². The molecule has 1 fully saturated rings. The fraction of sp³-hybridized carbons (Fsp3) is 0.571. The Labute approximate surface area is 111 Å². The van der Waals surface area contributed by atoms with Crippen molar-refractivity contribution in [2.75, 3.05) is 26.2 Å². The molecular formula is C14H19F2NO2. The van der Waals surface area contributed by atoms with Crippen LogP contribution in [0.4, 0.5) is 8.78 Å². The van der Waals surface area contributed by atoms with Crippen LogP contribution >= 0.6 is 0 Å². The SMILES string of the molecule is Oc1ccccc1OCC1CCCN(CC(F)F)C1. The fourth-order valence-corrected chi connectivity index (χ4v) is 2.44. The Morgan fingerprint density at radius 1 is 1.37 bits per heavy atom. The molecule has 1 aromatic carbocycles. The minimum Gasteiger partial charge on any atom is -0.504 e. The van der Waals surface area contributed by atoms with Gasteiger partial charge in [0.2, 0.25) is 0 Å². The van der Waals surface area contributed by atoms with E-state index < -0.39 is 6.43 Å². The Morgan fingerprint density at radius 3 is 2.89 bits per heavy atom. The van der Waals surface area contributed by atoms with Gasteiger partial charge in [0.1, 0.15) is 0 Å². The molecule has 1 saturated heterocycles. The molecule has 1 heterocycles. The highest BCUT2D eigenvalue weighted by atomic mass is 19.3. The molecule has 5 heteroatoms. The van der Waals surface area contributed by atoms with Crippen LogP contribution in [0, 0.1) is 5.92 Å². The zero-order valence-corrected chi connectivity index (χ0v) is 10.8. The van der Waals surface area contributed by atoms with Crippen molar-refractivity contribution < 1.29 is 18.6 Å². The number of likely N-dealkylation sites (tertiary alicyclic amines) is 1. The smallest absolute Gasteiger partial charge is 0.251 e. The molecule has 1 aromatic rings. The van der Waals surface area contributed by atoms with E-state index in [2.05, 4.69) is 0 Å². The van der Waals surface area contributed by atoms with Crippen LogP contribution in [-0.2, 0) is 0 Å². The molecule has 0 bridgehead atoms. The van der Waals surface area contributed by atoms with Crippen LogP contribution in [0.25, 0.3) is 0 Å². The van der Waals surface area contributed by atoms with Gasteiger partial charge in [-0.25, -0.2) is 8.78 Å². The molecule has 0 aliphatic carbocycles. The van der Waals surface area contributed by atoms with Gasteiger partial charge in [0.25, 0.3) is 6.43 Å². The molecular weight excluding hydrogens is 252 g/mol. The summed E-state index contributed by atoms with van der Waals surface area (Å²) in [4.78, 5) is 1.78. The average molecular weight is 271 g/mol. The number of piperidine rings is 1. The molecule has 106 valence electrons. The normalized spacial score (nSPS) is 20.7. The maximum atomic E-state index is 12.3. The number of benzene rings is 1. The zero-order valence-electron chi connectivity index (χ0n) is 10.8. The molecule has 19 heavy (non-hydrogen) atoms. The molecule has 0 radical (unpaired) electrons. The highest BCUT2D eigenvalue weighted by Crippen LogP contribution is 2.26. The highest BCUT2D eigenvalue weighted by molar-refractivity contribution is 5.37. The highest BCUT2D eigenvalue weighted by Gasteiger charge is 2.22. The largest absolute Gasteiger partial charge is 0.504 e. The van der Waals surface area contributed by atoms with E-state index in [1.54, 1.807) is 29.2 Å². The Bertz CT molecular complexity index is 401. The van der Waals surface area contributed by atoms with Gasteiger partial charge in [0, 0.05) is 12.5 Å². The van der Waals surface area contributed by atoms with E-state index in [0.717, 1.165) is 19.4 Å². The summed E-state index contributed by atoms with van der Waals surface area (Å²) in [5, 5.41) is 9.58. The van der Waals surface area contributed by atoms with Gasteiger partial charge in [-0.2, -0.15) is 0 Å². The molecule has 1 aliphatic heterocycles. The first-order valence-electron chi connectivity index (χ1n) is 6.56. The van der Waals surface area contributed by atoms with Crippen LogP contribution in [0.1, 0.15) is 12.8 Å². The molecule has 0 aromatic heterocycles. The van der Waals surface area contributed by atoms with E-state index in [9.17, 15) is 13.9 Å². The van der Waals surface area contributed by atoms with Crippen LogP contribution in [0.2, 0.25) is 0 Å². The average Bonchev–Trinajstić information content (AvgIpc) is 2.37. The number of alkyl halides is 2. The van der Waals surface area contributed by atoms with Crippen molar-refractivity contribution in [3.8, 4) is 11.5 Å². The van der Waals surface area contributed by atoms with E-state index in [0.29, 0.717) is 18.9 Å². The Morgan fingerprint density at radius 2 is 2.16 bits per heavy atom. The summed E-state index contributed by atoms with van der Waals surface area (Å²) in [5.41, 5.74) is 0. The van der Waals surface area contributed by atoms with E-state index in [1.165, 1.54) is 0 Å². The van der Waals surface area contributed by atoms with Crippen molar-refractivity contribution in [1.82, 2.24) is 4.90 Å². The number of para-hydroxylation sites is 2. The minimum absolute atomic E-state index is 0.114. The third kappa shape index (κ3) is 4.35. The fourth-order valence-electron chi connectivity index (χ4n) is 2.44. The van der Waals surface area contributed by atoms with Crippen LogP contribution in [0.5, 0.6) is 11.5 Å². The summed E-state index contributed by atoms with van der Waals surface area (Å²) >= 11 is 0. The first kappa shape index (κ1) is 14.1. The van der Waals surface area contributed by atoms with Crippen molar-refractivity contribution in [1.29, 1.82) is 0 Å². The van der Waals surface area contributed by atoms with Crippen molar-refractivity contribution in [3.63, 3.8) is 0 Å². The minimum atomic E-state index is -2.28. The van der Waals surface area contributed by atoms with Gasteiger partial charge in [0.15, 0.2) is 11.5 Å². The molecule has 2 rings (SSSR count). The molecule has 0 spiro atoms. The molecule has 1 atom stereocenters. The van der Waals surface area contributed by atoms with Crippen molar-refractivity contribution in [2.45, 2.75) is 19.3 Å². The number of phenolic OH excluding ortho intramolecular Hbond substituents is 1. The number of nitrogens with zero attached hydrogens (tertiary/aromatic N) is 1. The molecule has 0 amide bonds. The molecule has 0 saturated carbocycles. The maximum absolute atomic E-state index is 12.3. The number of ether oxygens (including phenoxy) is 1. The second-order valence-corrected chi connectivity index (χ2v) is 4.94. The van der Waals surface area contributed by atoms with Crippen molar-refractivity contribution >= 4 is 0 Å².